The number of sulfonamides is 1. The third kappa shape index (κ3) is 4.78. The lowest BCUT2D eigenvalue weighted by molar-refractivity contribution is -0.140. The molecule has 5 rings (SSSR count). The maximum absolute atomic E-state index is 13.0. The van der Waals surface area contributed by atoms with E-state index in [-0.39, 0.29) is 25.2 Å². The molecule has 1 saturated carbocycles. The molecule has 1 aromatic carbocycles. The largest absolute Gasteiger partial charge is 0.483 e. The smallest absolute Gasteiger partial charge is 0.260 e. The monoisotopic (exact) mass is 440 g/mol. The lowest BCUT2D eigenvalue weighted by Crippen LogP contribution is -2.60. The number of carbonyl (C=O) groups excluding carboxylic acids is 1. The Morgan fingerprint density at radius 3 is 2.67 bits per heavy atom. The predicted molar refractivity (Wildman–Crippen MR) is 109 cm³/mol. The second-order valence-corrected chi connectivity index (χ2v) is 10.1. The van der Waals surface area contributed by atoms with Crippen molar-refractivity contribution >= 4 is 15.9 Å². The van der Waals surface area contributed by atoms with Crippen LogP contribution in [0.15, 0.2) is 24.3 Å². The second kappa shape index (κ2) is 9.20. The molecule has 4 aliphatic rings. The van der Waals surface area contributed by atoms with Gasteiger partial charge < -0.3 is 14.4 Å². The molecule has 0 aromatic heterocycles. The Morgan fingerprint density at radius 2 is 1.90 bits per heavy atom. The molecular formula is C21H29FN2O5S. The van der Waals surface area contributed by atoms with E-state index in [9.17, 15) is 17.6 Å². The SMILES string of the molecule is O=C1COc2ccccc2C2CCC(CC2)OCC2[C@@H](NS(=O)(=O)CF)CCCN12. The zero-order chi connectivity index (χ0) is 21.1. The second-order valence-electron chi connectivity index (χ2n) is 8.38. The van der Waals surface area contributed by atoms with E-state index < -0.39 is 28.1 Å². The summed E-state index contributed by atoms with van der Waals surface area (Å²) in [4.78, 5) is 14.7. The summed E-state index contributed by atoms with van der Waals surface area (Å²) in [6.07, 6.45) is 5.00. The number of amides is 1. The summed E-state index contributed by atoms with van der Waals surface area (Å²) >= 11 is 0. The van der Waals surface area contributed by atoms with E-state index in [4.69, 9.17) is 9.47 Å². The lowest BCUT2D eigenvalue weighted by Gasteiger charge is -2.41. The van der Waals surface area contributed by atoms with Crippen LogP contribution >= 0.6 is 0 Å². The highest BCUT2D eigenvalue weighted by atomic mass is 32.2. The van der Waals surface area contributed by atoms with Crippen molar-refractivity contribution in [2.75, 3.05) is 25.8 Å². The molecule has 1 N–H and O–H groups in total. The van der Waals surface area contributed by atoms with Crippen LogP contribution in [0.4, 0.5) is 4.39 Å². The Labute approximate surface area is 177 Å². The molecule has 3 aliphatic heterocycles. The fourth-order valence-electron chi connectivity index (χ4n) is 4.92. The molecule has 166 valence electrons. The molecule has 30 heavy (non-hydrogen) atoms. The minimum absolute atomic E-state index is 0.0763. The van der Waals surface area contributed by atoms with Crippen LogP contribution in [0, 0.1) is 0 Å². The third-order valence-corrected chi connectivity index (χ3v) is 7.41. The van der Waals surface area contributed by atoms with Gasteiger partial charge in [0.25, 0.3) is 5.91 Å². The number of hydrogen-bond donors (Lipinski definition) is 1. The summed E-state index contributed by atoms with van der Waals surface area (Å²) < 4.78 is 51.2. The summed E-state index contributed by atoms with van der Waals surface area (Å²) in [5, 5.41) is 0. The van der Waals surface area contributed by atoms with Crippen LogP contribution in [-0.4, -0.2) is 63.2 Å². The topological polar surface area (TPSA) is 84.9 Å². The first-order valence-electron chi connectivity index (χ1n) is 10.7. The molecule has 2 atom stereocenters. The van der Waals surface area contributed by atoms with Crippen LogP contribution in [0.25, 0.3) is 0 Å². The molecule has 1 amide bonds. The quantitative estimate of drug-likeness (QED) is 0.780. The van der Waals surface area contributed by atoms with Gasteiger partial charge in [-0.05, 0) is 56.1 Å². The van der Waals surface area contributed by atoms with Crippen molar-refractivity contribution < 1.29 is 27.1 Å². The molecule has 9 heteroatoms. The number of rotatable bonds is 3. The number of ether oxygens (including phenoxy) is 2. The molecule has 1 aliphatic carbocycles. The Morgan fingerprint density at radius 1 is 1.13 bits per heavy atom. The standard InChI is InChI=1S/C21H29FN2O5S/c22-14-30(26,27)23-18-5-3-11-24-19(18)12-28-16-9-7-15(8-10-16)17-4-1-2-6-20(17)29-13-21(24)25/h1-2,4,6,15-16,18-19,23H,3,5,7-14H2/t15?,16?,18-,19?/m0/s1. The van der Waals surface area contributed by atoms with E-state index in [0.29, 0.717) is 25.3 Å². The molecule has 0 radical (unpaired) electrons. The van der Waals surface area contributed by atoms with Gasteiger partial charge in [0.05, 0.1) is 18.8 Å². The Bertz CT molecular complexity index is 857. The number of fused-ring (bicyclic) bond motifs is 5. The minimum Gasteiger partial charge on any atom is -0.483 e. The van der Waals surface area contributed by atoms with E-state index in [1.54, 1.807) is 4.90 Å². The highest BCUT2D eigenvalue weighted by Crippen LogP contribution is 2.38. The lowest BCUT2D eigenvalue weighted by atomic mass is 9.82. The maximum Gasteiger partial charge on any atom is 0.260 e. The van der Waals surface area contributed by atoms with Crippen molar-refractivity contribution in [3.05, 3.63) is 29.8 Å². The van der Waals surface area contributed by atoms with E-state index >= 15 is 0 Å². The number of benzene rings is 1. The van der Waals surface area contributed by atoms with E-state index in [1.807, 2.05) is 18.2 Å². The van der Waals surface area contributed by atoms with Gasteiger partial charge in [-0.15, -0.1) is 0 Å². The van der Waals surface area contributed by atoms with Crippen LogP contribution in [0.5, 0.6) is 5.75 Å². The van der Waals surface area contributed by atoms with Gasteiger partial charge in [-0.25, -0.2) is 17.5 Å². The number of nitrogens with zero attached hydrogens (tertiary/aromatic N) is 1. The molecule has 1 unspecified atom stereocenters. The number of hydrogen-bond acceptors (Lipinski definition) is 5. The van der Waals surface area contributed by atoms with E-state index in [2.05, 4.69) is 10.8 Å². The molecule has 3 heterocycles. The molecule has 0 spiro atoms. The Balaban J connectivity index is 1.60. The average molecular weight is 441 g/mol. The minimum atomic E-state index is -4.04. The summed E-state index contributed by atoms with van der Waals surface area (Å²) in [6.45, 7) is 0.610. The molecule has 1 saturated heterocycles. The number of para-hydroxylation sites is 1. The Hall–Kier alpha value is -1.71. The van der Waals surface area contributed by atoms with Crippen LogP contribution in [0.2, 0.25) is 0 Å². The maximum atomic E-state index is 13.0. The van der Waals surface area contributed by atoms with Gasteiger partial charge in [0.15, 0.2) is 6.61 Å². The first-order valence-corrected chi connectivity index (χ1v) is 12.3. The first-order chi connectivity index (χ1) is 14.5. The number of alkyl halides is 1. The molecule has 2 bridgehead atoms. The van der Waals surface area contributed by atoms with Gasteiger partial charge in [0.1, 0.15) is 5.75 Å². The van der Waals surface area contributed by atoms with Crippen LogP contribution in [0.3, 0.4) is 0 Å². The molecule has 2 fully saturated rings. The van der Waals surface area contributed by atoms with Crippen molar-refractivity contribution in [3.8, 4) is 5.75 Å². The zero-order valence-electron chi connectivity index (χ0n) is 17.0. The van der Waals surface area contributed by atoms with Crippen LogP contribution in [0.1, 0.15) is 50.0 Å². The molecular weight excluding hydrogens is 411 g/mol. The molecule has 1 aromatic rings. The highest BCUT2D eigenvalue weighted by molar-refractivity contribution is 7.89. The van der Waals surface area contributed by atoms with E-state index in [1.165, 1.54) is 0 Å². The summed E-state index contributed by atoms with van der Waals surface area (Å²) in [5.41, 5.74) is 1.13. The van der Waals surface area contributed by atoms with Crippen LogP contribution in [-0.2, 0) is 19.6 Å². The number of nitrogens with one attached hydrogen (secondary N) is 1. The third-order valence-electron chi connectivity index (χ3n) is 6.46. The summed E-state index contributed by atoms with van der Waals surface area (Å²) in [5.74, 6) is 0.899. The Kier molecular flexibility index (Phi) is 6.60. The molecule has 7 nitrogen and oxygen atoms in total. The van der Waals surface area contributed by atoms with Crippen molar-refractivity contribution in [1.29, 1.82) is 0 Å². The number of piperidine rings is 1. The van der Waals surface area contributed by atoms with Gasteiger partial charge in [-0.1, -0.05) is 18.2 Å². The highest BCUT2D eigenvalue weighted by Gasteiger charge is 2.38. The van der Waals surface area contributed by atoms with Crippen molar-refractivity contribution in [3.63, 3.8) is 0 Å². The van der Waals surface area contributed by atoms with Gasteiger partial charge in [-0.3, -0.25) is 4.79 Å². The normalized spacial score (nSPS) is 30.3. The summed E-state index contributed by atoms with van der Waals surface area (Å²) in [6, 6.07) is 5.33. The van der Waals surface area contributed by atoms with Crippen molar-refractivity contribution in [2.45, 2.75) is 62.6 Å². The van der Waals surface area contributed by atoms with E-state index in [0.717, 1.165) is 37.0 Å². The number of halogens is 1. The average Bonchev–Trinajstić information content (AvgIpc) is 2.78. The summed E-state index contributed by atoms with van der Waals surface area (Å²) in [7, 11) is -4.04. The fourth-order valence-corrected chi connectivity index (χ4v) is 5.72. The fraction of sp³-hybridized carbons (Fsp3) is 0.667. The predicted octanol–water partition coefficient (Wildman–Crippen LogP) is 2.33. The van der Waals surface area contributed by atoms with Gasteiger partial charge in [0, 0.05) is 12.6 Å². The van der Waals surface area contributed by atoms with Gasteiger partial charge in [-0.2, -0.15) is 0 Å². The van der Waals surface area contributed by atoms with Crippen molar-refractivity contribution in [2.24, 2.45) is 0 Å². The van der Waals surface area contributed by atoms with Crippen LogP contribution < -0.4 is 9.46 Å². The number of carbonyl (C=O) groups is 1. The first kappa shape index (κ1) is 21.5. The zero-order valence-corrected chi connectivity index (χ0v) is 17.8. The van der Waals surface area contributed by atoms with Gasteiger partial charge >= 0.3 is 0 Å². The van der Waals surface area contributed by atoms with Crippen molar-refractivity contribution in [1.82, 2.24) is 9.62 Å². The van der Waals surface area contributed by atoms with Gasteiger partial charge in [0.2, 0.25) is 16.0 Å².